The molecule has 0 spiro atoms. The van der Waals surface area contributed by atoms with E-state index in [4.69, 9.17) is 12.3 Å². The van der Waals surface area contributed by atoms with Crippen LogP contribution in [0.15, 0.2) is 0 Å². The summed E-state index contributed by atoms with van der Waals surface area (Å²) in [6, 6.07) is 0. The first-order valence-corrected chi connectivity index (χ1v) is 18.1. The van der Waals surface area contributed by atoms with Crippen molar-refractivity contribution < 1.29 is 12.3 Å². The molecule has 2 unspecified atom stereocenters. The van der Waals surface area contributed by atoms with Gasteiger partial charge in [0.2, 0.25) is 0 Å². The van der Waals surface area contributed by atoms with Crippen molar-refractivity contribution in [1.82, 2.24) is 0 Å². The Morgan fingerprint density at radius 2 is 1.22 bits per heavy atom. The molecule has 3 nitrogen and oxygen atoms in total. The standard InChI is InChI=1S/C11H32O3Si4/c1-11(2)18(10,14-17(7,8)9)13-15(3)12-16(4,5)6/h11,15H,1-10H3. The zero-order valence-electron chi connectivity index (χ0n) is 13.9. The van der Waals surface area contributed by atoms with Crippen molar-refractivity contribution in [2.75, 3.05) is 0 Å². The number of rotatable bonds is 7. The summed E-state index contributed by atoms with van der Waals surface area (Å²) in [6.45, 7) is 22.1. The first kappa shape index (κ1) is 18.7. The van der Waals surface area contributed by atoms with Gasteiger partial charge in [0, 0.05) is 0 Å². The second-order valence-electron chi connectivity index (χ2n) is 7.30. The molecular formula is C11H32O3Si4. The van der Waals surface area contributed by atoms with Gasteiger partial charge in [0.05, 0.1) is 0 Å². The Morgan fingerprint density at radius 3 is 1.50 bits per heavy atom. The molecule has 0 radical (unpaired) electrons. The van der Waals surface area contributed by atoms with Crippen LogP contribution in [0.2, 0.25) is 57.9 Å². The van der Waals surface area contributed by atoms with E-state index in [2.05, 4.69) is 66.2 Å². The van der Waals surface area contributed by atoms with E-state index in [0.717, 1.165) is 0 Å². The molecular weight excluding hydrogens is 292 g/mol. The average Bonchev–Trinajstić information content (AvgIpc) is 1.94. The third-order valence-corrected chi connectivity index (χ3v) is 16.0. The zero-order chi connectivity index (χ0) is 14.8. The van der Waals surface area contributed by atoms with Crippen LogP contribution in [-0.4, -0.2) is 34.5 Å². The monoisotopic (exact) mass is 324 g/mol. The molecule has 2 atom stereocenters. The molecule has 0 saturated heterocycles. The van der Waals surface area contributed by atoms with Crippen LogP contribution in [0.25, 0.3) is 0 Å². The highest BCUT2D eigenvalue weighted by Gasteiger charge is 2.41. The van der Waals surface area contributed by atoms with Crippen LogP contribution in [0, 0.1) is 0 Å². The van der Waals surface area contributed by atoms with Crippen molar-refractivity contribution >= 4 is 34.5 Å². The highest BCUT2D eigenvalue weighted by molar-refractivity contribution is 6.86. The van der Waals surface area contributed by atoms with E-state index in [1.54, 1.807) is 0 Å². The molecule has 0 amide bonds. The van der Waals surface area contributed by atoms with Gasteiger partial charge in [-0.3, -0.25) is 0 Å². The van der Waals surface area contributed by atoms with E-state index in [-0.39, 0.29) is 0 Å². The minimum absolute atomic E-state index is 0.462. The third kappa shape index (κ3) is 8.03. The fourth-order valence-corrected chi connectivity index (χ4v) is 16.5. The topological polar surface area (TPSA) is 27.7 Å². The van der Waals surface area contributed by atoms with Gasteiger partial charge in [-0.25, -0.2) is 0 Å². The molecule has 0 fully saturated rings. The van der Waals surface area contributed by atoms with Crippen LogP contribution >= 0.6 is 0 Å². The maximum atomic E-state index is 6.40. The molecule has 0 rings (SSSR count). The first-order valence-electron chi connectivity index (χ1n) is 6.81. The van der Waals surface area contributed by atoms with Crippen molar-refractivity contribution in [2.24, 2.45) is 0 Å². The summed E-state index contributed by atoms with van der Waals surface area (Å²) in [5, 5.41) is 0. The molecule has 7 heteroatoms. The van der Waals surface area contributed by atoms with E-state index in [9.17, 15) is 0 Å². The quantitative estimate of drug-likeness (QED) is 0.662. The smallest absolute Gasteiger partial charge is 0.318 e. The molecule has 110 valence electrons. The lowest BCUT2D eigenvalue weighted by Gasteiger charge is -2.39. The van der Waals surface area contributed by atoms with Gasteiger partial charge in [-0.1, -0.05) is 13.8 Å². The molecule has 0 aromatic heterocycles. The third-order valence-electron chi connectivity index (χ3n) is 2.48. The molecule has 0 aliphatic rings. The van der Waals surface area contributed by atoms with Gasteiger partial charge in [0.15, 0.2) is 16.6 Å². The summed E-state index contributed by atoms with van der Waals surface area (Å²) >= 11 is 0. The second kappa shape index (κ2) is 6.47. The van der Waals surface area contributed by atoms with Gasteiger partial charge >= 0.3 is 8.56 Å². The van der Waals surface area contributed by atoms with Crippen molar-refractivity contribution in [1.29, 1.82) is 0 Å². The molecule has 0 aliphatic heterocycles. The summed E-state index contributed by atoms with van der Waals surface area (Å²) in [4.78, 5) is 0. The van der Waals surface area contributed by atoms with Crippen molar-refractivity contribution in [2.45, 2.75) is 71.8 Å². The minimum Gasteiger partial charge on any atom is -0.439 e. The van der Waals surface area contributed by atoms with Gasteiger partial charge in [-0.05, 0) is 57.9 Å². The van der Waals surface area contributed by atoms with Gasteiger partial charge in [-0.15, -0.1) is 0 Å². The SMILES string of the molecule is CC(C)[Si](C)(O[SiH](C)O[Si](C)(C)C)O[Si](C)(C)C. The van der Waals surface area contributed by atoms with Crippen LogP contribution < -0.4 is 0 Å². The van der Waals surface area contributed by atoms with E-state index < -0.39 is 34.5 Å². The largest absolute Gasteiger partial charge is 0.439 e. The van der Waals surface area contributed by atoms with Crippen molar-refractivity contribution in [3.05, 3.63) is 0 Å². The average molecular weight is 325 g/mol. The summed E-state index contributed by atoms with van der Waals surface area (Å²) in [5.41, 5.74) is 0.462. The van der Waals surface area contributed by atoms with Gasteiger partial charge in [0.25, 0.3) is 9.28 Å². The van der Waals surface area contributed by atoms with E-state index in [0.29, 0.717) is 5.54 Å². The van der Waals surface area contributed by atoms with Gasteiger partial charge < -0.3 is 12.3 Å². The van der Waals surface area contributed by atoms with E-state index >= 15 is 0 Å². The molecule has 0 bridgehead atoms. The second-order valence-corrected chi connectivity index (χ2v) is 22.8. The van der Waals surface area contributed by atoms with E-state index in [1.807, 2.05) is 0 Å². The lowest BCUT2D eigenvalue weighted by molar-refractivity contribution is 0.334. The Bertz CT molecular complexity index is 260. The van der Waals surface area contributed by atoms with Crippen LogP contribution in [0.1, 0.15) is 13.8 Å². The van der Waals surface area contributed by atoms with Crippen LogP contribution in [0.5, 0.6) is 0 Å². The lowest BCUT2D eigenvalue weighted by Crippen LogP contribution is -2.53. The molecule has 0 N–H and O–H groups in total. The lowest BCUT2D eigenvalue weighted by atomic mass is 10.6. The summed E-state index contributed by atoms with van der Waals surface area (Å²) in [6.07, 6.45) is 0. The Kier molecular flexibility index (Phi) is 6.73. The summed E-state index contributed by atoms with van der Waals surface area (Å²) in [7, 11) is -6.75. The van der Waals surface area contributed by atoms with Crippen LogP contribution in [-0.2, 0) is 12.3 Å². The molecule has 0 saturated carbocycles. The van der Waals surface area contributed by atoms with E-state index in [1.165, 1.54) is 0 Å². The molecule has 18 heavy (non-hydrogen) atoms. The minimum atomic E-state index is -2.10. The predicted molar refractivity (Wildman–Crippen MR) is 89.7 cm³/mol. The van der Waals surface area contributed by atoms with Crippen molar-refractivity contribution in [3.8, 4) is 0 Å². The fraction of sp³-hybridized carbons (Fsp3) is 1.00. The molecule has 0 aromatic carbocycles. The Morgan fingerprint density at radius 1 is 0.778 bits per heavy atom. The first-order chi connectivity index (χ1) is 7.75. The number of hydrogen-bond acceptors (Lipinski definition) is 3. The Labute approximate surface area is 119 Å². The molecule has 0 aliphatic carbocycles. The normalized spacial score (nSPS) is 18.8. The van der Waals surface area contributed by atoms with Gasteiger partial charge in [0.1, 0.15) is 0 Å². The Hall–Kier alpha value is 0.748. The summed E-state index contributed by atoms with van der Waals surface area (Å²) < 4.78 is 18.9. The maximum Gasteiger partial charge on any atom is 0.318 e. The highest BCUT2D eigenvalue weighted by atomic mass is 28.5. The Balaban J connectivity index is 4.72. The predicted octanol–water partition coefficient (Wildman–Crippen LogP) is 4.04. The highest BCUT2D eigenvalue weighted by Crippen LogP contribution is 2.28. The maximum absolute atomic E-state index is 6.40. The number of hydrogen-bond donors (Lipinski definition) is 0. The van der Waals surface area contributed by atoms with Crippen LogP contribution in [0.4, 0.5) is 0 Å². The molecule has 0 heterocycles. The summed E-state index contributed by atoms with van der Waals surface area (Å²) in [5.74, 6) is 0. The van der Waals surface area contributed by atoms with Crippen molar-refractivity contribution in [3.63, 3.8) is 0 Å². The van der Waals surface area contributed by atoms with Gasteiger partial charge in [-0.2, -0.15) is 0 Å². The van der Waals surface area contributed by atoms with Crippen LogP contribution in [0.3, 0.4) is 0 Å². The zero-order valence-corrected chi connectivity index (χ0v) is 18.0. The molecule has 0 aromatic rings. The fourth-order valence-electron chi connectivity index (χ4n) is 1.74.